The van der Waals surface area contributed by atoms with Gasteiger partial charge in [-0.1, -0.05) is 24.3 Å². The third-order valence-electron chi connectivity index (χ3n) is 5.17. The average Bonchev–Trinajstić information content (AvgIpc) is 3.44. The Kier molecular flexibility index (Phi) is 10.2. The molecule has 0 aromatic heterocycles. The van der Waals surface area contributed by atoms with Crippen LogP contribution in [0.4, 0.5) is 4.39 Å². The quantitative estimate of drug-likeness (QED) is 0.197. The molecule has 0 aliphatic carbocycles. The fourth-order valence-electron chi connectivity index (χ4n) is 3.43. The SMILES string of the molecule is CCOc1cc(/C=N\NC(=O)COc2ccc(C3SCCS3)cc2)cc(Br)c1OCc1ccc(F)cc1. The summed E-state index contributed by atoms with van der Waals surface area (Å²) in [4.78, 5) is 12.2. The first kappa shape index (κ1) is 27.3. The summed E-state index contributed by atoms with van der Waals surface area (Å²) < 4.78 is 31.5. The highest BCUT2D eigenvalue weighted by Crippen LogP contribution is 2.45. The molecule has 1 aliphatic rings. The molecule has 1 fully saturated rings. The van der Waals surface area contributed by atoms with Crippen molar-refractivity contribution in [1.29, 1.82) is 0 Å². The zero-order chi connectivity index (χ0) is 26.0. The second-order valence-corrected chi connectivity index (χ2v) is 11.5. The molecule has 6 nitrogen and oxygen atoms in total. The molecule has 37 heavy (non-hydrogen) atoms. The summed E-state index contributed by atoms with van der Waals surface area (Å²) in [6.45, 7) is 2.42. The van der Waals surface area contributed by atoms with E-state index in [4.69, 9.17) is 14.2 Å². The maximum atomic E-state index is 13.1. The van der Waals surface area contributed by atoms with E-state index in [1.807, 2.05) is 54.7 Å². The Morgan fingerprint density at radius 1 is 1.08 bits per heavy atom. The van der Waals surface area contributed by atoms with Gasteiger partial charge < -0.3 is 14.2 Å². The highest BCUT2D eigenvalue weighted by atomic mass is 79.9. The van der Waals surface area contributed by atoms with Crippen LogP contribution in [0.25, 0.3) is 0 Å². The highest BCUT2D eigenvalue weighted by Gasteiger charge is 2.18. The lowest BCUT2D eigenvalue weighted by atomic mass is 10.2. The normalized spacial score (nSPS) is 13.6. The molecule has 0 unspecified atom stereocenters. The Hall–Kier alpha value is -2.69. The first-order valence-electron chi connectivity index (χ1n) is 11.6. The summed E-state index contributed by atoms with van der Waals surface area (Å²) >= 11 is 7.41. The minimum absolute atomic E-state index is 0.145. The molecule has 1 saturated heterocycles. The Labute approximate surface area is 232 Å². The van der Waals surface area contributed by atoms with E-state index < -0.39 is 0 Å². The van der Waals surface area contributed by atoms with Gasteiger partial charge in [0, 0.05) is 11.5 Å². The smallest absolute Gasteiger partial charge is 0.277 e. The predicted molar refractivity (Wildman–Crippen MR) is 151 cm³/mol. The maximum Gasteiger partial charge on any atom is 0.277 e. The molecule has 0 atom stereocenters. The molecule has 0 saturated carbocycles. The van der Waals surface area contributed by atoms with Crippen molar-refractivity contribution in [1.82, 2.24) is 5.43 Å². The van der Waals surface area contributed by atoms with E-state index >= 15 is 0 Å². The molecule has 0 bridgehead atoms. The van der Waals surface area contributed by atoms with Gasteiger partial charge in [-0.2, -0.15) is 5.10 Å². The van der Waals surface area contributed by atoms with Crippen LogP contribution >= 0.6 is 39.5 Å². The molecule has 3 aromatic rings. The highest BCUT2D eigenvalue weighted by molar-refractivity contribution is 9.10. The molecule has 4 rings (SSSR count). The summed E-state index contributed by atoms with van der Waals surface area (Å²) in [5.74, 6) is 3.36. The molecule has 1 N–H and O–H groups in total. The summed E-state index contributed by atoms with van der Waals surface area (Å²) in [7, 11) is 0. The van der Waals surface area contributed by atoms with Crippen LogP contribution in [-0.2, 0) is 11.4 Å². The van der Waals surface area contributed by atoms with Gasteiger partial charge in [0.05, 0.1) is 21.9 Å². The van der Waals surface area contributed by atoms with Crippen molar-refractivity contribution in [2.75, 3.05) is 24.7 Å². The maximum absolute atomic E-state index is 13.1. The number of hydrogen-bond acceptors (Lipinski definition) is 7. The van der Waals surface area contributed by atoms with Gasteiger partial charge in [-0.15, -0.1) is 23.5 Å². The fourth-order valence-corrected chi connectivity index (χ4v) is 6.87. The van der Waals surface area contributed by atoms with Crippen LogP contribution in [0.3, 0.4) is 0 Å². The van der Waals surface area contributed by atoms with Gasteiger partial charge in [-0.3, -0.25) is 4.79 Å². The van der Waals surface area contributed by atoms with Crippen molar-refractivity contribution < 1.29 is 23.4 Å². The molecule has 3 aromatic carbocycles. The average molecular weight is 606 g/mol. The van der Waals surface area contributed by atoms with Gasteiger partial charge in [0.1, 0.15) is 18.2 Å². The van der Waals surface area contributed by atoms with E-state index in [1.165, 1.54) is 35.4 Å². The standard InChI is InChI=1S/C27H26BrFN2O4S2/c1-2-33-24-14-19(13-23(28)26(24)35-16-18-3-7-21(29)8-4-18)15-30-31-25(32)17-34-22-9-5-20(6-10-22)27-36-11-12-37-27/h3-10,13-15,27H,2,11-12,16-17H2,1H3,(H,31,32)/b30-15-. The van der Waals surface area contributed by atoms with E-state index in [9.17, 15) is 9.18 Å². The summed E-state index contributed by atoms with van der Waals surface area (Å²) in [5.41, 5.74) is 5.26. The topological polar surface area (TPSA) is 69.2 Å². The zero-order valence-electron chi connectivity index (χ0n) is 20.1. The number of benzene rings is 3. The van der Waals surface area contributed by atoms with Crippen LogP contribution in [-0.4, -0.2) is 36.8 Å². The van der Waals surface area contributed by atoms with Crippen LogP contribution in [0, 0.1) is 5.82 Å². The number of ether oxygens (including phenoxy) is 3. The number of amides is 1. The molecular formula is C27H26BrFN2O4S2. The number of carbonyl (C=O) groups excluding carboxylic acids is 1. The van der Waals surface area contributed by atoms with Gasteiger partial charge in [-0.05, 0) is 75.9 Å². The van der Waals surface area contributed by atoms with Crippen LogP contribution < -0.4 is 19.6 Å². The monoisotopic (exact) mass is 604 g/mol. The summed E-state index contributed by atoms with van der Waals surface area (Å²) in [5, 5.41) is 4.03. The number of hydrazone groups is 1. The molecule has 0 radical (unpaired) electrons. The lowest BCUT2D eigenvalue weighted by molar-refractivity contribution is -0.123. The van der Waals surface area contributed by atoms with Crippen molar-refractivity contribution in [3.63, 3.8) is 0 Å². The number of hydrogen-bond donors (Lipinski definition) is 1. The number of nitrogens with zero attached hydrogens (tertiary/aromatic N) is 1. The van der Waals surface area contributed by atoms with Crippen LogP contribution in [0.2, 0.25) is 0 Å². The number of thioether (sulfide) groups is 2. The third-order valence-corrected chi connectivity index (χ3v) is 8.87. The lowest BCUT2D eigenvalue weighted by Crippen LogP contribution is -2.24. The first-order valence-corrected chi connectivity index (χ1v) is 14.5. The van der Waals surface area contributed by atoms with Gasteiger partial charge >= 0.3 is 0 Å². The van der Waals surface area contributed by atoms with Crippen LogP contribution in [0.1, 0.15) is 28.2 Å². The second kappa shape index (κ2) is 13.7. The van der Waals surface area contributed by atoms with Crippen LogP contribution in [0.15, 0.2) is 70.2 Å². The number of carbonyl (C=O) groups is 1. The fraction of sp³-hybridized carbons (Fsp3) is 0.259. The second-order valence-electron chi connectivity index (χ2n) is 7.90. The van der Waals surface area contributed by atoms with Crippen molar-refractivity contribution in [2.45, 2.75) is 18.1 Å². The van der Waals surface area contributed by atoms with Crippen molar-refractivity contribution in [3.8, 4) is 17.2 Å². The summed E-state index contributed by atoms with van der Waals surface area (Å²) in [6.07, 6.45) is 1.51. The van der Waals surface area contributed by atoms with Gasteiger partial charge in [0.25, 0.3) is 5.91 Å². The van der Waals surface area contributed by atoms with Crippen molar-refractivity contribution in [3.05, 3.63) is 87.6 Å². The summed E-state index contributed by atoms with van der Waals surface area (Å²) in [6, 6.07) is 17.5. The minimum atomic E-state index is -0.370. The number of rotatable bonds is 11. The molecule has 10 heteroatoms. The van der Waals surface area contributed by atoms with Gasteiger partial charge in [0.2, 0.25) is 0 Å². The van der Waals surface area contributed by atoms with E-state index in [2.05, 4.69) is 26.5 Å². The van der Waals surface area contributed by atoms with E-state index in [0.29, 0.717) is 38.5 Å². The van der Waals surface area contributed by atoms with E-state index in [-0.39, 0.29) is 24.9 Å². The lowest BCUT2D eigenvalue weighted by Gasteiger charge is -2.14. The van der Waals surface area contributed by atoms with Gasteiger partial charge in [-0.25, -0.2) is 9.82 Å². The Balaban J connectivity index is 1.30. The number of halogens is 2. The van der Waals surface area contributed by atoms with Crippen LogP contribution in [0.5, 0.6) is 17.2 Å². The zero-order valence-corrected chi connectivity index (χ0v) is 23.3. The first-order chi connectivity index (χ1) is 18.0. The molecule has 1 aliphatic heterocycles. The van der Waals surface area contributed by atoms with Gasteiger partial charge in [0.15, 0.2) is 18.1 Å². The van der Waals surface area contributed by atoms with E-state index in [1.54, 1.807) is 24.3 Å². The molecular weight excluding hydrogens is 579 g/mol. The predicted octanol–water partition coefficient (Wildman–Crippen LogP) is 6.57. The Morgan fingerprint density at radius 2 is 1.81 bits per heavy atom. The molecule has 194 valence electrons. The molecule has 0 spiro atoms. The molecule has 1 heterocycles. The van der Waals surface area contributed by atoms with E-state index in [0.717, 1.165) is 5.56 Å². The number of nitrogens with one attached hydrogen (secondary N) is 1. The van der Waals surface area contributed by atoms with Crippen molar-refractivity contribution >= 4 is 51.6 Å². The Bertz CT molecular complexity index is 1220. The van der Waals surface area contributed by atoms with Crippen molar-refractivity contribution in [2.24, 2.45) is 5.10 Å². The third kappa shape index (κ3) is 8.15. The molecule has 1 amide bonds. The minimum Gasteiger partial charge on any atom is -0.490 e. The Morgan fingerprint density at radius 3 is 2.51 bits per heavy atom. The largest absolute Gasteiger partial charge is 0.490 e.